The zero-order valence-corrected chi connectivity index (χ0v) is 16.1. The molecule has 1 saturated heterocycles. The first-order valence-electron chi connectivity index (χ1n) is 8.91. The van der Waals surface area contributed by atoms with Gasteiger partial charge in [-0.25, -0.2) is 0 Å². The number of anilines is 1. The Morgan fingerprint density at radius 3 is 2.65 bits per heavy atom. The zero-order valence-electron chi connectivity index (χ0n) is 14.5. The molecule has 2 aliphatic rings. The number of hydrogen-bond donors (Lipinski definition) is 0. The Labute approximate surface area is 161 Å². The minimum absolute atomic E-state index is 0.216. The highest BCUT2D eigenvalue weighted by Crippen LogP contribution is 2.49. The van der Waals surface area contributed by atoms with Crippen molar-refractivity contribution in [2.75, 3.05) is 4.90 Å². The van der Waals surface area contributed by atoms with Gasteiger partial charge in [0, 0.05) is 16.5 Å². The third kappa shape index (κ3) is 2.20. The third-order valence-electron chi connectivity index (χ3n) is 5.62. The fourth-order valence-electron chi connectivity index (χ4n) is 4.40. The summed E-state index contributed by atoms with van der Waals surface area (Å²) in [6, 6.07) is 21.1. The summed E-state index contributed by atoms with van der Waals surface area (Å²) in [5.41, 5.74) is 4.37. The molecule has 3 aromatic rings. The molecule has 1 unspecified atom stereocenters. The van der Waals surface area contributed by atoms with Crippen molar-refractivity contribution in [2.24, 2.45) is 0 Å². The highest BCUT2D eigenvalue weighted by molar-refractivity contribution is 9.10. The van der Waals surface area contributed by atoms with Gasteiger partial charge in [-0.1, -0.05) is 64.5 Å². The van der Waals surface area contributed by atoms with Gasteiger partial charge in [-0.05, 0) is 53.5 Å². The van der Waals surface area contributed by atoms with E-state index in [2.05, 4.69) is 83.5 Å². The van der Waals surface area contributed by atoms with E-state index in [1.807, 2.05) is 11.0 Å². The number of benzene rings is 3. The Kier molecular flexibility index (Phi) is 3.38. The van der Waals surface area contributed by atoms with Gasteiger partial charge >= 0.3 is 0 Å². The normalized spacial score (nSPS) is 21.5. The molecule has 0 aliphatic carbocycles. The Morgan fingerprint density at radius 2 is 1.85 bits per heavy atom. The van der Waals surface area contributed by atoms with Gasteiger partial charge in [0.05, 0.1) is 11.2 Å². The monoisotopic (exact) mass is 403 g/mol. The highest BCUT2D eigenvalue weighted by Gasteiger charge is 2.45. The highest BCUT2D eigenvalue weighted by atomic mass is 79.9. The Morgan fingerprint density at radius 1 is 1.04 bits per heavy atom. The molecule has 0 spiro atoms. The van der Waals surface area contributed by atoms with Crippen LogP contribution in [0.15, 0.2) is 71.2 Å². The van der Waals surface area contributed by atoms with Crippen LogP contribution in [0.3, 0.4) is 0 Å². The van der Waals surface area contributed by atoms with Crippen molar-refractivity contribution in [3.8, 4) is 0 Å². The third-order valence-corrected chi connectivity index (χ3v) is 6.11. The quantitative estimate of drug-likeness (QED) is 0.492. The number of carbonyl (C=O) groups excluding carboxylic acids is 1. The summed E-state index contributed by atoms with van der Waals surface area (Å²) in [6.45, 7) is 2.18. The van der Waals surface area contributed by atoms with E-state index in [0.717, 1.165) is 22.1 Å². The maximum Gasteiger partial charge on any atom is 0.227 e. The lowest BCUT2D eigenvalue weighted by atomic mass is 9.82. The molecule has 1 atom stereocenters. The van der Waals surface area contributed by atoms with Gasteiger partial charge in [0.15, 0.2) is 0 Å². The molecule has 3 heteroatoms. The van der Waals surface area contributed by atoms with E-state index in [1.165, 1.54) is 21.9 Å². The molecule has 0 saturated carbocycles. The van der Waals surface area contributed by atoms with Crippen molar-refractivity contribution >= 4 is 43.9 Å². The number of hydrogen-bond acceptors (Lipinski definition) is 1. The topological polar surface area (TPSA) is 20.3 Å². The lowest BCUT2D eigenvalue weighted by Gasteiger charge is -2.39. The van der Waals surface area contributed by atoms with Gasteiger partial charge in [0.1, 0.15) is 0 Å². The van der Waals surface area contributed by atoms with Crippen LogP contribution in [0.25, 0.3) is 16.3 Å². The average Bonchev–Trinajstić information content (AvgIpc) is 2.96. The van der Waals surface area contributed by atoms with Crippen LogP contribution in [0.1, 0.15) is 30.9 Å². The molecule has 2 aliphatic heterocycles. The van der Waals surface area contributed by atoms with Gasteiger partial charge < -0.3 is 4.90 Å². The van der Waals surface area contributed by atoms with Crippen molar-refractivity contribution in [1.82, 2.24) is 0 Å². The first kappa shape index (κ1) is 15.8. The van der Waals surface area contributed by atoms with E-state index >= 15 is 0 Å². The second-order valence-electron chi connectivity index (χ2n) is 7.34. The molecule has 1 amide bonds. The minimum atomic E-state index is -0.252. The fourth-order valence-corrected chi connectivity index (χ4v) is 4.78. The summed E-state index contributed by atoms with van der Waals surface area (Å²) in [6.07, 6.45) is 3.77. The molecule has 3 aromatic carbocycles. The lowest BCUT2D eigenvalue weighted by Crippen LogP contribution is -2.44. The largest absolute Gasteiger partial charge is 0.302 e. The number of amides is 1. The number of fused-ring (bicyclic) bond motifs is 5. The first-order valence-corrected chi connectivity index (χ1v) is 9.70. The molecular weight excluding hydrogens is 386 g/mol. The Balaban J connectivity index is 1.88. The van der Waals surface area contributed by atoms with E-state index in [1.54, 1.807) is 0 Å². The standard InChI is InChI=1S/C23H18BrNO/c1-23-12-11-21(26)25(23)20-10-7-16-13-17(24)8-9-18(16)22(20)19(14-23)15-5-3-2-4-6-15/h2-10,13-14H,11-12H2,1H3. The molecular formula is C23H18BrNO. The SMILES string of the molecule is CC12C=C(c3ccccc3)c3c(ccc4cc(Br)ccc34)N1C(=O)CC2. The van der Waals surface area contributed by atoms with Crippen LogP contribution in [0.5, 0.6) is 0 Å². The molecule has 0 N–H and O–H groups in total. The van der Waals surface area contributed by atoms with E-state index in [0.29, 0.717) is 6.42 Å². The Hall–Kier alpha value is -2.39. The van der Waals surface area contributed by atoms with Crippen LogP contribution < -0.4 is 4.90 Å². The van der Waals surface area contributed by atoms with Crippen LogP contribution in [0.2, 0.25) is 0 Å². The maximum absolute atomic E-state index is 12.7. The van der Waals surface area contributed by atoms with Gasteiger partial charge in [-0.15, -0.1) is 0 Å². The molecule has 0 aromatic heterocycles. The van der Waals surface area contributed by atoms with Gasteiger partial charge in [0.2, 0.25) is 5.91 Å². The molecule has 2 heterocycles. The maximum atomic E-state index is 12.7. The molecule has 2 nitrogen and oxygen atoms in total. The predicted molar refractivity (Wildman–Crippen MR) is 110 cm³/mol. The van der Waals surface area contributed by atoms with E-state index in [4.69, 9.17) is 0 Å². The van der Waals surface area contributed by atoms with Crippen LogP contribution in [-0.4, -0.2) is 11.4 Å². The van der Waals surface area contributed by atoms with E-state index in [-0.39, 0.29) is 11.4 Å². The lowest BCUT2D eigenvalue weighted by molar-refractivity contribution is -0.117. The number of nitrogens with zero attached hydrogens (tertiary/aromatic N) is 1. The number of carbonyl (C=O) groups is 1. The van der Waals surface area contributed by atoms with Crippen LogP contribution >= 0.6 is 15.9 Å². The van der Waals surface area contributed by atoms with Crippen molar-refractivity contribution in [3.05, 3.63) is 82.3 Å². The Bertz CT molecular complexity index is 1090. The first-order chi connectivity index (χ1) is 12.6. The summed E-state index contributed by atoms with van der Waals surface area (Å²) in [5.74, 6) is 0.216. The van der Waals surface area contributed by atoms with Crippen LogP contribution in [-0.2, 0) is 4.79 Å². The number of halogens is 1. The van der Waals surface area contributed by atoms with E-state index in [9.17, 15) is 4.79 Å². The van der Waals surface area contributed by atoms with Crippen LogP contribution in [0, 0.1) is 0 Å². The van der Waals surface area contributed by atoms with Gasteiger partial charge in [-0.2, -0.15) is 0 Å². The predicted octanol–water partition coefficient (Wildman–Crippen LogP) is 5.93. The molecule has 128 valence electrons. The van der Waals surface area contributed by atoms with Gasteiger partial charge in [-0.3, -0.25) is 4.79 Å². The molecule has 5 rings (SSSR count). The summed E-state index contributed by atoms with van der Waals surface area (Å²) in [5, 5.41) is 2.36. The molecule has 0 bridgehead atoms. The summed E-state index contributed by atoms with van der Waals surface area (Å²) < 4.78 is 1.06. The van der Waals surface area contributed by atoms with Crippen molar-refractivity contribution < 1.29 is 4.79 Å². The second-order valence-corrected chi connectivity index (χ2v) is 8.25. The van der Waals surface area contributed by atoms with Crippen molar-refractivity contribution in [1.29, 1.82) is 0 Å². The minimum Gasteiger partial charge on any atom is -0.302 e. The number of rotatable bonds is 1. The molecule has 26 heavy (non-hydrogen) atoms. The second kappa shape index (κ2) is 5.55. The summed E-state index contributed by atoms with van der Waals surface area (Å²) in [4.78, 5) is 14.7. The summed E-state index contributed by atoms with van der Waals surface area (Å²) in [7, 11) is 0. The fraction of sp³-hybridized carbons (Fsp3) is 0.174. The molecule has 0 radical (unpaired) electrons. The van der Waals surface area contributed by atoms with Crippen molar-refractivity contribution in [2.45, 2.75) is 25.3 Å². The van der Waals surface area contributed by atoms with E-state index < -0.39 is 0 Å². The van der Waals surface area contributed by atoms with Crippen LogP contribution in [0.4, 0.5) is 5.69 Å². The van der Waals surface area contributed by atoms with Crippen molar-refractivity contribution in [3.63, 3.8) is 0 Å². The van der Waals surface area contributed by atoms with Gasteiger partial charge in [0.25, 0.3) is 0 Å². The average molecular weight is 404 g/mol. The zero-order chi connectivity index (χ0) is 17.9. The summed E-state index contributed by atoms with van der Waals surface area (Å²) >= 11 is 3.57. The molecule has 1 fully saturated rings. The smallest absolute Gasteiger partial charge is 0.227 e.